The Morgan fingerprint density at radius 2 is 1.87 bits per heavy atom. The lowest BCUT2D eigenvalue weighted by atomic mass is 9.67. The number of hydrogen-bond acceptors (Lipinski definition) is 4. The maximum absolute atomic E-state index is 11.5. The maximum atomic E-state index is 11.5. The van der Waals surface area contributed by atoms with Gasteiger partial charge in [0.2, 0.25) is 0 Å². The average molecular weight is 449 g/mol. The minimum atomic E-state index is -0.724. The van der Waals surface area contributed by atoms with Crippen LogP contribution in [0.3, 0.4) is 0 Å². The Kier molecular flexibility index (Phi) is 6.23. The molecule has 2 aliphatic heterocycles. The molecule has 2 atom stereocenters. The summed E-state index contributed by atoms with van der Waals surface area (Å²) < 4.78 is 6.15. The smallest absolute Gasteiger partial charge is 0.143 e. The Labute approximate surface area is 189 Å². The SMILES string of the molecule is CC1(C)CN(CCC2CNc3cc(Cl)ccc3O2)CCC1(O)Cc1ccc(Cl)cc1. The normalized spacial score (nSPS) is 25.8. The van der Waals surface area contributed by atoms with Crippen LogP contribution in [0.5, 0.6) is 5.75 Å². The van der Waals surface area contributed by atoms with E-state index in [9.17, 15) is 5.11 Å². The number of piperidine rings is 1. The number of nitrogens with zero attached hydrogens (tertiary/aromatic N) is 1. The third-order valence-corrected chi connectivity index (χ3v) is 7.14. The summed E-state index contributed by atoms with van der Waals surface area (Å²) >= 11 is 12.1. The summed E-state index contributed by atoms with van der Waals surface area (Å²) in [7, 11) is 0. The molecule has 4 nitrogen and oxygen atoms in total. The van der Waals surface area contributed by atoms with Crippen LogP contribution in [-0.2, 0) is 6.42 Å². The second-order valence-electron chi connectivity index (χ2n) is 9.29. The lowest BCUT2D eigenvalue weighted by Crippen LogP contribution is -2.58. The highest BCUT2D eigenvalue weighted by molar-refractivity contribution is 6.31. The third-order valence-electron chi connectivity index (χ3n) is 6.65. The molecule has 0 radical (unpaired) electrons. The zero-order valence-electron chi connectivity index (χ0n) is 17.6. The van der Waals surface area contributed by atoms with E-state index in [4.69, 9.17) is 27.9 Å². The number of rotatable bonds is 5. The van der Waals surface area contributed by atoms with Crippen LogP contribution < -0.4 is 10.1 Å². The van der Waals surface area contributed by atoms with E-state index in [2.05, 4.69) is 24.1 Å². The standard InChI is InChI=1S/C24H30Cl2N2O2/c1-23(2)16-28(12-10-24(23,29)14-17-3-5-18(25)6-4-17)11-9-20-15-27-21-13-19(26)7-8-22(21)30-20/h3-8,13,20,27,29H,9-12,14-16H2,1-2H3. The molecule has 2 N–H and O–H groups in total. The molecule has 30 heavy (non-hydrogen) atoms. The summed E-state index contributed by atoms with van der Waals surface area (Å²) in [4.78, 5) is 2.46. The first-order chi connectivity index (χ1) is 14.2. The van der Waals surface area contributed by atoms with Crippen molar-refractivity contribution in [1.82, 2.24) is 4.90 Å². The number of halogens is 2. The first kappa shape index (κ1) is 21.8. The van der Waals surface area contributed by atoms with Gasteiger partial charge in [-0.2, -0.15) is 0 Å². The van der Waals surface area contributed by atoms with Gasteiger partial charge in [-0.1, -0.05) is 49.2 Å². The minimum Gasteiger partial charge on any atom is -0.486 e. The summed E-state index contributed by atoms with van der Waals surface area (Å²) in [6.07, 6.45) is 2.49. The summed E-state index contributed by atoms with van der Waals surface area (Å²) in [5.41, 5.74) is 1.16. The predicted molar refractivity (Wildman–Crippen MR) is 124 cm³/mol. The molecule has 2 heterocycles. The van der Waals surface area contributed by atoms with Crippen molar-refractivity contribution in [3.8, 4) is 5.75 Å². The molecule has 2 aromatic carbocycles. The molecule has 0 spiro atoms. The molecule has 6 heteroatoms. The van der Waals surface area contributed by atoms with Gasteiger partial charge in [0.25, 0.3) is 0 Å². The van der Waals surface area contributed by atoms with Crippen molar-refractivity contribution in [3.05, 3.63) is 58.1 Å². The number of ether oxygens (including phenoxy) is 1. The number of nitrogens with one attached hydrogen (secondary N) is 1. The summed E-state index contributed by atoms with van der Waals surface area (Å²) in [5, 5.41) is 16.3. The summed E-state index contributed by atoms with van der Waals surface area (Å²) in [5.74, 6) is 0.868. The van der Waals surface area contributed by atoms with E-state index >= 15 is 0 Å². The Balaban J connectivity index is 1.32. The Bertz CT molecular complexity index is 887. The number of fused-ring (bicyclic) bond motifs is 1. The largest absolute Gasteiger partial charge is 0.486 e. The first-order valence-corrected chi connectivity index (χ1v) is 11.4. The van der Waals surface area contributed by atoms with Gasteiger partial charge < -0.3 is 20.1 Å². The number of aliphatic hydroxyl groups is 1. The highest BCUT2D eigenvalue weighted by Gasteiger charge is 2.47. The number of likely N-dealkylation sites (tertiary alicyclic amines) is 1. The van der Waals surface area contributed by atoms with Gasteiger partial charge in [-0.05, 0) is 48.7 Å². The van der Waals surface area contributed by atoms with Gasteiger partial charge in [-0.3, -0.25) is 0 Å². The predicted octanol–water partition coefficient (Wildman–Crippen LogP) is 5.26. The zero-order chi connectivity index (χ0) is 21.4. The molecule has 2 aromatic rings. The maximum Gasteiger partial charge on any atom is 0.143 e. The zero-order valence-corrected chi connectivity index (χ0v) is 19.1. The molecule has 162 valence electrons. The molecule has 1 fully saturated rings. The van der Waals surface area contributed by atoms with Crippen LogP contribution in [0.25, 0.3) is 0 Å². The van der Waals surface area contributed by atoms with E-state index in [0.717, 1.165) is 61.0 Å². The fraction of sp³-hybridized carbons (Fsp3) is 0.500. The fourth-order valence-electron chi connectivity index (χ4n) is 4.60. The molecule has 2 aliphatic rings. The molecular weight excluding hydrogens is 419 g/mol. The highest BCUT2D eigenvalue weighted by atomic mass is 35.5. The Morgan fingerprint density at radius 3 is 2.60 bits per heavy atom. The van der Waals surface area contributed by atoms with E-state index in [-0.39, 0.29) is 11.5 Å². The minimum absolute atomic E-state index is 0.136. The van der Waals surface area contributed by atoms with Crippen molar-refractivity contribution in [1.29, 1.82) is 0 Å². The monoisotopic (exact) mass is 448 g/mol. The van der Waals surface area contributed by atoms with Gasteiger partial charge in [-0.25, -0.2) is 0 Å². The molecule has 0 aliphatic carbocycles. The molecule has 1 saturated heterocycles. The lowest BCUT2D eigenvalue weighted by Gasteiger charge is -2.51. The van der Waals surface area contributed by atoms with Crippen LogP contribution in [-0.4, -0.2) is 47.9 Å². The van der Waals surface area contributed by atoms with Crippen LogP contribution >= 0.6 is 23.2 Å². The molecule has 2 unspecified atom stereocenters. The quantitative estimate of drug-likeness (QED) is 0.654. The van der Waals surface area contributed by atoms with Crippen molar-refractivity contribution in [3.63, 3.8) is 0 Å². The van der Waals surface area contributed by atoms with E-state index in [1.807, 2.05) is 42.5 Å². The molecule has 0 aromatic heterocycles. The van der Waals surface area contributed by atoms with Gasteiger partial charge in [0, 0.05) is 41.5 Å². The molecular formula is C24H30Cl2N2O2. The highest BCUT2D eigenvalue weighted by Crippen LogP contribution is 2.41. The fourth-order valence-corrected chi connectivity index (χ4v) is 4.90. The van der Waals surface area contributed by atoms with E-state index < -0.39 is 5.60 Å². The first-order valence-electron chi connectivity index (χ1n) is 10.6. The van der Waals surface area contributed by atoms with E-state index in [1.165, 1.54) is 0 Å². The second kappa shape index (κ2) is 8.58. The lowest BCUT2D eigenvalue weighted by molar-refractivity contribution is -0.118. The van der Waals surface area contributed by atoms with Gasteiger partial charge >= 0.3 is 0 Å². The van der Waals surface area contributed by atoms with E-state index in [0.29, 0.717) is 11.4 Å². The summed E-state index contributed by atoms with van der Waals surface area (Å²) in [6, 6.07) is 13.5. The van der Waals surface area contributed by atoms with Crippen molar-refractivity contribution in [2.45, 2.75) is 44.8 Å². The van der Waals surface area contributed by atoms with Crippen LogP contribution in [0.15, 0.2) is 42.5 Å². The second-order valence-corrected chi connectivity index (χ2v) is 10.2. The van der Waals surface area contributed by atoms with E-state index in [1.54, 1.807) is 0 Å². The summed E-state index contributed by atoms with van der Waals surface area (Å²) in [6.45, 7) is 7.84. The van der Waals surface area contributed by atoms with Crippen LogP contribution in [0, 0.1) is 5.41 Å². The van der Waals surface area contributed by atoms with Crippen LogP contribution in [0.4, 0.5) is 5.69 Å². The van der Waals surface area contributed by atoms with Gasteiger partial charge in [0.05, 0.1) is 17.8 Å². The number of hydrogen-bond donors (Lipinski definition) is 2. The van der Waals surface area contributed by atoms with Crippen molar-refractivity contribution >= 4 is 28.9 Å². The molecule has 4 rings (SSSR count). The Hall–Kier alpha value is -1.46. The Morgan fingerprint density at radius 1 is 1.13 bits per heavy atom. The molecule has 0 bridgehead atoms. The van der Waals surface area contributed by atoms with Gasteiger partial charge in [0.1, 0.15) is 11.9 Å². The van der Waals surface area contributed by atoms with Crippen molar-refractivity contribution in [2.75, 3.05) is 31.5 Å². The van der Waals surface area contributed by atoms with Crippen molar-refractivity contribution in [2.24, 2.45) is 5.41 Å². The number of benzene rings is 2. The van der Waals surface area contributed by atoms with Crippen LogP contribution in [0.2, 0.25) is 10.0 Å². The topological polar surface area (TPSA) is 44.7 Å². The van der Waals surface area contributed by atoms with Gasteiger partial charge in [-0.15, -0.1) is 0 Å². The third kappa shape index (κ3) is 4.72. The van der Waals surface area contributed by atoms with Crippen molar-refractivity contribution < 1.29 is 9.84 Å². The molecule has 0 saturated carbocycles. The van der Waals surface area contributed by atoms with Crippen LogP contribution in [0.1, 0.15) is 32.3 Å². The molecule has 0 amide bonds. The number of anilines is 1. The average Bonchev–Trinajstić information content (AvgIpc) is 2.71. The van der Waals surface area contributed by atoms with Gasteiger partial charge in [0.15, 0.2) is 0 Å².